The molecule has 4 heteroatoms. The van der Waals surface area contributed by atoms with E-state index >= 15 is 0 Å². The van der Waals surface area contributed by atoms with Crippen LogP contribution in [-0.2, 0) is 4.79 Å². The van der Waals surface area contributed by atoms with Crippen molar-refractivity contribution in [3.05, 3.63) is 30.3 Å². The number of hydrogen-bond acceptors (Lipinski definition) is 3. The van der Waals surface area contributed by atoms with Crippen LogP contribution in [0.3, 0.4) is 0 Å². The molecule has 1 amide bonds. The van der Waals surface area contributed by atoms with Gasteiger partial charge in [-0.1, -0.05) is 18.2 Å². The van der Waals surface area contributed by atoms with Gasteiger partial charge in [-0.2, -0.15) is 0 Å². The van der Waals surface area contributed by atoms with Gasteiger partial charge in [0.25, 0.3) is 0 Å². The Morgan fingerprint density at radius 3 is 2.85 bits per heavy atom. The number of benzene rings is 1. The van der Waals surface area contributed by atoms with Gasteiger partial charge in [0.2, 0.25) is 5.91 Å². The van der Waals surface area contributed by atoms with Crippen molar-refractivity contribution in [2.45, 2.75) is 25.3 Å². The van der Waals surface area contributed by atoms with Crippen LogP contribution in [-0.4, -0.2) is 38.1 Å². The van der Waals surface area contributed by atoms with E-state index in [2.05, 4.69) is 39.8 Å². The van der Waals surface area contributed by atoms with Crippen molar-refractivity contribution in [3.8, 4) is 0 Å². The second-order valence-corrected chi connectivity index (χ2v) is 5.82. The van der Waals surface area contributed by atoms with Crippen LogP contribution in [0.4, 0.5) is 5.69 Å². The summed E-state index contributed by atoms with van der Waals surface area (Å²) in [7, 11) is 0. The number of amides is 1. The number of carbonyl (C=O) groups excluding carboxylic acids is 1. The number of rotatable bonds is 3. The lowest BCUT2D eigenvalue weighted by molar-refractivity contribution is -0.125. The zero-order valence-electron chi connectivity index (χ0n) is 11.8. The van der Waals surface area contributed by atoms with Crippen molar-refractivity contribution in [2.75, 3.05) is 31.1 Å². The molecule has 1 aromatic carbocycles. The van der Waals surface area contributed by atoms with Gasteiger partial charge in [0, 0.05) is 31.4 Å². The number of anilines is 1. The molecular weight excluding hydrogens is 250 g/mol. The first-order chi connectivity index (χ1) is 9.83. The number of hydrogen-bond donors (Lipinski definition) is 2. The van der Waals surface area contributed by atoms with E-state index in [1.54, 1.807) is 0 Å². The molecule has 2 aliphatic rings. The Bertz CT molecular complexity index is 442. The summed E-state index contributed by atoms with van der Waals surface area (Å²) in [6.45, 7) is 3.82. The Balaban J connectivity index is 1.56. The molecule has 20 heavy (non-hydrogen) atoms. The van der Waals surface area contributed by atoms with Crippen LogP contribution >= 0.6 is 0 Å². The zero-order chi connectivity index (χ0) is 13.8. The smallest absolute Gasteiger partial charge is 0.224 e. The van der Waals surface area contributed by atoms with E-state index in [4.69, 9.17) is 0 Å². The summed E-state index contributed by atoms with van der Waals surface area (Å²) in [6, 6.07) is 10.8. The average Bonchev–Trinajstić information content (AvgIpc) is 3.03. The number of nitrogens with zero attached hydrogens (tertiary/aromatic N) is 1. The molecule has 2 heterocycles. The number of piperidine rings is 1. The Morgan fingerprint density at radius 1 is 1.25 bits per heavy atom. The normalized spacial score (nSPS) is 26.5. The lowest BCUT2D eigenvalue weighted by Crippen LogP contribution is -2.49. The fraction of sp³-hybridized carbons (Fsp3) is 0.562. The predicted molar refractivity (Wildman–Crippen MR) is 80.8 cm³/mol. The highest BCUT2D eigenvalue weighted by Gasteiger charge is 2.27. The summed E-state index contributed by atoms with van der Waals surface area (Å²) in [5.41, 5.74) is 1.26. The molecule has 0 bridgehead atoms. The summed E-state index contributed by atoms with van der Waals surface area (Å²) in [5, 5.41) is 6.49. The molecule has 2 fully saturated rings. The van der Waals surface area contributed by atoms with Gasteiger partial charge in [-0.15, -0.1) is 0 Å². The van der Waals surface area contributed by atoms with E-state index in [0.29, 0.717) is 0 Å². The second-order valence-electron chi connectivity index (χ2n) is 5.82. The minimum atomic E-state index is 0.169. The summed E-state index contributed by atoms with van der Waals surface area (Å²) < 4.78 is 0. The van der Waals surface area contributed by atoms with Crippen molar-refractivity contribution in [1.82, 2.24) is 10.6 Å². The molecule has 2 atom stereocenters. The molecule has 108 valence electrons. The van der Waals surface area contributed by atoms with Gasteiger partial charge in [-0.3, -0.25) is 4.79 Å². The van der Waals surface area contributed by atoms with Gasteiger partial charge >= 0.3 is 0 Å². The maximum atomic E-state index is 12.2. The van der Waals surface area contributed by atoms with Crippen LogP contribution in [0.5, 0.6) is 0 Å². The molecule has 2 aliphatic heterocycles. The third-order valence-corrected chi connectivity index (χ3v) is 4.32. The van der Waals surface area contributed by atoms with E-state index < -0.39 is 0 Å². The maximum Gasteiger partial charge on any atom is 0.224 e. The second kappa shape index (κ2) is 6.27. The van der Waals surface area contributed by atoms with Crippen molar-refractivity contribution in [3.63, 3.8) is 0 Å². The molecule has 2 N–H and O–H groups in total. The summed E-state index contributed by atoms with van der Waals surface area (Å²) >= 11 is 0. The molecule has 0 saturated carbocycles. The molecule has 1 aromatic rings. The largest absolute Gasteiger partial charge is 0.369 e. The molecule has 3 rings (SSSR count). The van der Waals surface area contributed by atoms with Crippen LogP contribution in [0, 0.1) is 5.92 Å². The number of para-hydroxylation sites is 1. The Labute approximate surface area is 120 Å². The molecule has 4 nitrogen and oxygen atoms in total. The van der Waals surface area contributed by atoms with Gasteiger partial charge in [-0.05, 0) is 37.9 Å². The minimum absolute atomic E-state index is 0.169. The van der Waals surface area contributed by atoms with Gasteiger partial charge in [0.15, 0.2) is 0 Å². The van der Waals surface area contributed by atoms with Gasteiger partial charge < -0.3 is 15.5 Å². The zero-order valence-corrected chi connectivity index (χ0v) is 11.8. The summed E-state index contributed by atoms with van der Waals surface area (Å²) in [6.07, 6.45) is 3.21. The number of carbonyl (C=O) groups is 1. The SMILES string of the molecule is O=C(NC1CCCN(c2ccccc2)C1)C1CCNC1. The molecule has 0 radical (unpaired) electrons. The first kappa shape index (κ1) is 13.4. The molecule has 2 unspecified atom stereocenters. The molecule has 0 aliphatic carbocycles. The predicted octanol–water partition coefficient (Wildman–Crippen LogP) is 1.38. The van der Waals surface area contributed by atoms with Gasteiger partial charge in [-0.25, -0.2) is 0 Å². The lowest BCUT2D eigenvalue weighted by atomic mass is 10.0. The average molecular weight is 273 g/mol. The van der Waals surface area contributed by atoms with Crippen LogP contribution in [0.1, 0.15) is 19.3 Å². The van der Waals surface area contributed by atoms with Crippen molar-refractivity contribution < 1.29 is 4.79 Å². The van der Waals surface area contributed by atoms with Crippen LogP contribution in [0.25, 0.3) is 0 Å². The minimum Gasteiger partial charge on any atom is -0.369 e. The summed E-state index contributed by atoms with van der Waals surface area (Å²) in [5.74, 6) is 0.400. The number of nitrogens with one attached hydrogen (secondary N) is 2. The Hall–Kier alpha value is -1.55. The van der Waals surface area contributed by atoms with Crippen LogP contribution in [0.2, 0.25) is 0 Å². The van der Waals surface area contributed by atoms with Gasteiger partial charge in [0.1, 0.15) is 0 Å². The quantitative estimate of drug-likeness (QED) is 0.874. The lowest BCUT2D eigenvalue weighted by Gasteiger charge is -2.35. The van der Waals surface area contributed by atoms with E-state index in [1.807, 2.05) is 6.07 Å². The van der Waals surface area contributed by atoms with Crippen molar-refractivity contribution >= 4 is 11.6 Å². The topological polar surface area (TPSA) is 44.4 Å². The van der Waals surface area contributed by atoms with E-state index in [0.717, 1.165) is 45.4 Å². The fourth-order valence-electron chi connectivity index (χ4n) is 3.17. The fourth-order valence-corrected chi connectivity index (χ4v) is 3.17. The van der Waals surface area contributed by atoms with Crippen LogP contribution < -0.4 is 15.5 Å². The highest BCUT2D eigenvalue weighted by Crippen LogP contribution is 2.20. The van der Waals surface area contributed by atoms with Crippen molar-refractivity contribution in [2.24, 2.45) is 5.92 Å². The van der Waals surface area contributed by atoms with E-state index in [-0.39, 0.29) is 17.9 Å². The highest BCUT2D eigenvalue weighted by molar-refractivity contribution is 5.79. The first-order valence-corrected chi connectivity index (χ1v) is 7.64. The van der Waals surface area contributed by atoms with Crippen LogP contribution in [0.15, 0.2) is 30.3 Å². The third-order valence-electron chi connectivity index (χ3n) is 4.32. The van der Waals surface area contributed by atoms with E-state index in [1.165, 1.54) is 5.69 Å². The highest BCUT2D eigenvalue weighted by atomic mass is 16.2. The first-order valence-electron chi connectivity index (χ1n) is 7.64. The Morgan fingerprint density at radius 2 is 2.10 bits per heavy atom. The molecular formula is C16H23N3O. The molecule has 2 saturated heterocycles. The van der Waals surface area contributed by atoms with Crippen molar-refractivity contribution in [1.29, 1.82) is 0 Å². The van der Waals surface area contributed by atoms with Gasteiger partial charge in [0.05, 0.1) is 5.92 Å². The van der Waals surface area contributed by atoms with E-state index in [9.17, 15) is 4.79 Å². The monoisotopic (exact) mass is 273 g/mol. The standard InChI is InChI=1S/C16H23N3O/c20-16(13-8-9-17-11-13)18-14-5-4-10-19(12-14)15-6-2-1-3-7-15/h1-3,6-7,13-14,17H,4-5,8-12H2,(H,18,20). The summed E-state index contributed by atoms with van der Waals surface area (Å²) in [4.78, 5) is 14.6. The molecule has 0 spiro atoms. The molecule has 0 aromatic heterocycles. The Kier molecular flexibility index (Phi) is 4.21. The maximum absolute atomic E-state index is 12.2. The third kappa shape index (κ3) is 3.12.